The molecule has 2 N–H and O–H groups in total. The Hall–Kier alpha value is -1.73. The summed E-state index contributed by atoms with van der Waals surface area (Å²) in [5.41, 5.74) is 0. The summed E-state index contributed by atoms with van der Waals surface area (Å²) in [6.07, 6.45) is 0.165. The lowest BCUT2D eigenvalue weighted by molar-refractivity contribution is -0.147. The van der Waals surface area contributed by atoms with E-state index in [0.29, 0.717) is 10.8 Å². The van der Waals surface area contributed by atoms with E-state index in [0.717, 1.165) is 4.90 Å². The van der Waals surface area contributed by atoms with Crippen LogP contribution in [0.5, 0.6) is 0 Å². The minimum Gasteiger partial charge on any atom is -0.456 e. The molecule has 0 unspecified atom stereocenters. The molecule has 0 aliphatic heterocycles. The predicted octanol–water partition coefficient (Wildman–Crippen LogP) is 2.60. The number of hydrogen-bond acceptors (Lipinski definition) is 5. The smallest absolute Gasteiger partial charge is 0.321 e. The van der Waals surface area contributed by atoms with Crippen LogP contribution >= 0.6 is 23.4 Å². The molecule has 0 spiro atoms. The zero-order chi connectivity index (χ0) is 17.2. The van der Waals surface area contributed by atoms with Gasteiger partial charge in [0.25, 0.3) is 5.91 Å². The van der Waals surface area contributed by atoms with Crippen molar-refractivity contribution in [3.8, 4) is 0 Å². The summed E-state index contributed by atoms with van der Waals surface area (Å²) in [4.78, 5) is 35.2. The summed E-state index contributed by atoms with van der Waals surface area (Å²) in [6.45, 7) is 3.06. The summed E-state index contributed by atoms with van der Waals surface area (Å²) in [6, 6.07) is 6.57. The first-order valence-corrected chi connectivity index (χ1v) is 8.37. The zero-order valence-corrected chi connectivity index (χ0v) is 14.5. The molecule has 3 amide bonds. The number of amides is 3. The Balaban J connectivity index is 2.17. The third-order valence-electron chi connectivity index (χ3n) is 2.43. The molecule has 0 atom stereocenters. The van der Waals surface area contributed by atoms with E-state index in [-0.39, 0.29) is 12.5 Å². The molecule has 6 nitrogen and oxygen atoms in total. The van der Waals surface area contributed by atoms with Crippen molar-refractivity contribution in [3.05, 3.63) is 29.3 Å². The molecule has 0 aliphatic carbocycles. The number of nitrogens with one attached hydrogen (secondary N) is 2. The molecule has 0 saturated heterocycles. The number of ether oxygens (including phenoxy) is 1. The molecular weight excluding hydrogens is 340 g/mol. The molecule has 0 bridgehead atoms. The summed E-state index contributed by atoms with van der Waals surface area (Å²) in [7, 11) is 0. The van der Waals surface area contributed by atoms with Crippen LogP contribution in [0.3, 0.4) is 0 Å². The van der Waals surface area contributed by atoms with Gasteiger partial charge < -0.3 is 10.1 Å². The van der Waals surface area contributed by atoms with E-state index in [9.17, 15) is 14.4 Å². The number of benzene rings is 1. The van der Waals surface area contributed by atoms with Crippen LogP contribution in [-0.2, 0) is 14.3 Å². The molecule has 1 aromatic carbocycles. The first-order valence-electron chi connectivity index (χ1n) is 7.01. The zero-order valence-electron chi connectivity index (χ0n) is 12.9. The van der Waals surface area contributed by atoms with E-state index in [2.05, 4.69) is 10.6 Å². The van der Waals surface area contributed by atoms with E-state index < -0.39 is 24.5 Å². The van der Waals surface area contributed by atoms with Crippen molar-refractivity contribution in [1.29, 1.82) is 0 Å². The van der Waals surface area contributed by atoms with Crippen molar-refractivity contribution in [2.45, 2.75) is 31.2 Å². The lowest BCUT2D eigenvalue weighted by Gasteiger charge is -2.09. The summed E-state index contributed by atoms with van der Waals surface area (Å²) < 4.78 is 4.80. The fraction of sp³-hybridized carbons (Fsp3) is 0.400. The number of carbonyl (C=O) groups excluding carboxylic acids is 3. The number of imide groups is 1. The van der Waals surface area contributed by atoms with Crippen LogP contribution < -0.4 is 10.6 Å². The molecule has 126 valence electrons. The second-order valence-electron chi connectivity index (χ2n) is 4.89. The average Bonchev–Trinajstić information content (AvgIpc) is 2.46. The van der Waals surface area contributed by atoms with Crippen LogP contribution in [0, 0.1) is 0 Å². The highest BCUT2D eigenvalue weighted by atomic mass is 35.5. The van der Waals surface area contributed by atoms with Crippen molar-refractivity contribution in [2.24, 2.45) is 0 Å². The molecule has 0 fully saturated rings. The second kappa shape index (κ2) is 10.1. The van der Waals surface area contributed by atoms with Crippen LogP contribution in [0.25, 0.3) is 0 Å². The van der Waals surface area contributed by atoms with Gasteiger partial charge in [0.05, 0.1) is 6.42 Å². The van der Waals surface area contributed by atoms with E-state index >= 15 is 0 Å². The van der Waals surface area contributed by atoms with Crippen molar-refractivity contribution < 1.29 is 19.1 Å². The van der Waals surface area contributed by atoms with Crippen LogP contribution in [-0.4, -0.2) is 36.3 Å². The van der Waals surface area contributed by atoms with Gasteiger partial charge in [0.1, 0.15) is 0 Å². The number of esters is 1. The van der Waals surface area contributed by atoms with Crippen LogP contribution in [0.4, 0.5) is 4.79 Å². The highest BCUT2D eigenvalue weighted by Crippen LogP contribution is 2.20. The molecule has 0 heterocycles. The van der Waals surface area contributed by atoms with Gasteiger partial charge in [-0.2, -0.15) is 0 Å². The van der Waals surface area contributed by atoms with Crippen molar-refractivity contribution in [3.63, 3.8) is 0 Å². The third-order valence-corrected chi connectivity index (χ3v) is 3.69. The van der Waals surface area contributed by atoms with Gasteiger partial charge in [-0.3, -0.25) is 14.9 Å². The van der Waals surface area contributed by atoms with E-state index in [1.54, 1.807) is 26.0 Å². The Kier molecular flexibility index (Phi) is 8.50. The van der Waals surface area contributed by atoms with Gasteiger partial charge in [0.15, 0.2) is 6.61 Å². The van der Waals surface area contributed by atoms with Gasteiger partial charge >= 0.3 is 12.0 Å². The Morgan fingerprint density at radius 1 is 1.22 bits per heavy atom. The number of urea groups is 1. The van der Waals surface area contributed by atoms with Gasteiger partial charge in [-0.25, -0.2) is 4.79 Å². The van der Waals surface area contributed by atoms with Gasteiger partial charge in [-0.1, -0.05) is 11.6 Å². The monoisotopic (exact) mass is 358 g/mol. The maximum Gasteiger partial charge on any atom is 0.321 e. The van der Waals surface area contributed by atoms with Gasteiger partial charge in [0, 0.05) is 21.7 Å². The van der Waals surface area contributed by atoms with Gasteiger partial charge in [-0.15, -0.1) is 11.8 Å². The fourth-order valence-corrected chi connectivity index (χ4v) is 2.42. The molecular formula is C15H19ClN2O4S. The number of thioether (sulfide) groups is 1. The standard InChI is InChI=1S/C15H19ClN2O4S/c1-10(2)17-15(21)18-13(19)9-22-14(20)7-8-23-12-5-3-11(16)4-6-12/h3-6,10H,7-9H2,1-2H3,(H2,17,18,19,21). The number of halogens is 1. The second-order valence-corrected chi connectivity index (χ2v) is 6.49. The minimum absolute atomic E-state index is 0.0877. The molecule has 1 rings (SSSR count). The summed E-state index contributed by atoms with van der Waals surface area (Å²) >= 11 is 7.27. The minimum atomic E-state index is -0.665. The first kappa shape index (κ1) is 19.3. The number of carbonyl (C=O) groups is 3. The largest absolute Gasteiger partial charge is 0.456 e. The molecule has 8 heteroatoms. The van der Waals surface area contributed by atoms with Gasteiger partial charge in [0.2, 0.25) is 0 Å². The third kappa shape index (κ3) is 9.10. The lowest BCUT2D eigenvalue weighted by atomic mass is 10.4. The number of hydrogen-bond donors (Lipinski definition) is 2. The van der Waals surface area contributed by atoms with Crippen molar-refractivity contribution in [1.82, 2.24) is 10.6 Å². The lowest BCUT2D eigenvalue weighted by Crippen LogP contribution is -2.44. The Morgan fingerprint density at radius 3 is 2.48 bits per heavy atom. The molecule has 0 aliphatic rings. The van der Waals surface area contributed by atoms with E-state index in [1.807, 2.05) is 12.1 Å². The molecule has 1 aromatic rings. The summed E-state index contributed by atoms with van der Waals surface area (Å²) in [5.74, 6) is -0.636. The van der Waals surface area contributed by atoms with Crippen LogP contribution in [0.2, 0.25) is 5.02 Å². The number of rotatable bonds is 7. The quantitative estimate of drug-likeness (QED) is 0.578. The maximum absolute atomic E-state index is 11.5. The topological polar surface area (TPSA) is 84.5 Å². The van der Waals surface area contributed by atoms with Crippen LogP contribution in [0.15, 0.2) is 29.2 Å². The first-order chi connectivity index (χ1) is 10.9. The molecule has 23 heavy (non-hydrogen) atoms. The Morgan fingerprint density at radius 2 is 1.87 bits per heavy atom. The van der Waals surface area contributed by atoms with Crippen molar-refractivity contribution >= 4 is 41.3 Å². The SMILES string of the molecule is CC(C)NC(=O)NC(=O)COC(=O)CCSc1ccc(Cl)cc1. The highest BCUT2D eigenvalue weighted by Gasteiger charge is 2.11. The Labute approximate surface area is 144 Å². The fourth-order valence-electron chi connectivity index (χ4n) is 1.46. The normalized spacial score (nSPS) is 10.3. The Bertz CT molecular complexity index is 549. The maximum atomic E-state index is 11.5. The highest BCUT2D eigenvalue weighted by molar-refractivity contribution is 7.99. The molecule has 0 saturated carbocycles. The summed E-state index contributed by atoms with van der Waals surface area (Å²) in [5, 5.41) is 5.22. The van der Waals surface area contributed by atoms with Crippen LogP contribution in [0.1, 0.15) is 20.3 Å². The van der Waals surface area contributed by atoms with Crippen molar-refractivity contribution in [2.75, 3.05) is 12.4 Å². The average molecular weight is 359 g/mol. The molecule has 0 radical (unpaired) electrons. The molecule has 0 aromatic heterocycles. The van der Waals surface area contributed by atoms with E-state index in [4.69, 9.17) is 16.3 Å². The van der Waals surface area contributed by atoms with Gasteiger partial charge in [-0.05, 0) is 38.1 Å². The predicted molar refractivity (Wildman–Crippen MR) is 89.6 cm³/mol. The van der Waals surface area contributed by atoms with E-state index in [1.165, 1.54) is 11.8 Å².